The SMILES string of the molecule is CCC(=O)N1C[C@@H]2C(=O)N(Cc3ccccc3)C(=O)[C@@H]2C1. The summed E-state index contributed by atoms with van der Waals surface area (Å²) in [7, 11) is 0. The van der Waals surface area contributed by atoms with Gasteiger partial charge in [0.15, 0.2) is 0 Å². The Morgan fingerprint density at radius 2 is 1.67 bits per heavy atom. The number of carbonyl (C=O) groups is 3. The van der Waals surface area contributed by atoms with Crippen LogP contribution in [0.3, 0.4) is 0 Å². The summed E-state index contributed by atoms with van der Waals surface area (Å²) >= 11 is 0. The minimum atomic E-state index is -0.350. The Kier molecular flexibility index (Phi) is 3.49. The normalized spacial score (nSPS) is 24.6. The molecular formula is C16H18N2O3. The van der Waals surface area contributed by atoms with E-state index in [2.05, 4.69) is 0 Å². The van der Waals surface area contributed by atoms with Crippen LogP contribution in [0.5, 0.6) is 0 Å². The van der Waals surface area contributed by atoms with Crippen molar-refractivity contribution in [3.63, 3.8) is 0 Å². The zero-order chi connectivity index (χ0) is 15.0. The van der Waals surface area contributed by atoms with Gasteiger partial charge in [-0.15, -0.1) is 0 Å². The first-order valence-electron chi connectivity index (χ1n) is 7.28. The third kappa shape index (κ3) is 2.33. The molecule has 1 aromatic rings. The molecule has 2 heterocycles. The van der Waals surface area contributed by atoms with E-state index in [1.807, 2.05) is 30.3 Å². The molecule has 2 saturated heterocycles. The molecule has 2 aliphatic heterocycles. The molecule has 5 heteroatoms. The fraction of sp³-hybridized carbons (Fsp3) is 0.438. The van der Waals surface area contributed by atoms with Crippen LogP contribution in [0.25, 0.3) is 0 Å². The molecule has 0 saturated carbocycles. The molecule has 0 aromatic heterocycles. The topological polar surface area (TPSA) is 57.7 Å². The number of hydrogen-bond acceptors (Lipinski definition) is 3. The number of imide groups is 1. The summed E-state index contributed by atoms with van der Waals surface area (Å²) in [6.45, 7) is 2.88. The zero-order valence-electron chi connectivity index (χ0n) is 12.0. The van der Waals surface area contributed by atoms with E-state index >= 15 is 0 Å². The quantitative estimate of drug-likeness (QED) is 0.780. The lowest BCUT2D eigenvalue weighted by Crippen LogP contribution is -2.37. The minimum absolute atomic E-state index is 0.0135. The van der Waals surface area contributed by atoms with Gasteiger partial charge in [-0.05, 0) is 5.56 Å². The number of fused-ring (bicyclic) bond motifs is 1. The third-order valence-electron chi connectivity index (χ3n) is 4.32. The van der Waals surface area contributed by atoms with E-state index in [0.717, 1.165) is 5.56 Å². The van der Waals surface area contributed by atoms with Gasteiger partial charge in [0.2, 0.25) is 17.7 Å². The van der Waals surface area contributed by atoms with Gasteiger partial charge in [0.25, 0.3) is 0 Å². The second kappa shape index (κ2) is 5.31. The molecule has 21 heavy (non-hydrogen) atoms. The van der Waals surface area contributed by atoms with Gasteiger partial charge in [-0.3, -0.25) is 19.3 Å². The molecule has 2 aliphatic rings. The average molecular weight is 286 g/mol. The first-order valence-corrected chi connectivity index (χ1v) is 7.28. The van der Waals surface area contributed by atoms with Crippen LogP contribution in [0, 0.1) is 11.8 Å². The van der Waals surface area contributed by atoms with Crippen molar-refractivity contribution in [2.45, 2.75) is 19.9 Å². The van der Waals surface area contributed by atoms with E-state index in [1.165, 1.54) is 4.90 Å². The summed E-state index contributed by atoms with van der Waals surface area (Å²) in [4.78, 5) is 39.6. The molecule has 2 atom stereocenters. The smallest absolute Gasteiger partial charge is 0.235 e. The lowest BCUT2D eigenvalue weighted by atomic mass is 10.00. The molecule has 1 aromatic carbocycles. The highest BCUT2D eigenvalue weighted by Gasteiger charge is 2.52. The summed E-state index contributed by atoms with van der Waals surface area (Å²) in [5.74, 6) is -0.964. The van der Waals surface area contributed by atoms with Crippen LogP contribution < -0.4 is 0 Å². The van der Waals surface area contributed by atoms with Crippen LogP contribution in [0.4, 0.5) is 0 Å². The van der Waals surface area contributed by atoms with Crippen LogP contribution in [-0.4, -0.2) is 40.6 Å². The van der Waals surface area contributed by atoms with Gasteiger partial charge in [0, 0.05) is 19.5 Å². The third-order valence-corrected chi connectivity index (χ3v) is 4.32. The first kappa shape index (κ1) is 13.8. The number of rotatable bonds is 3. The molecule has 0 bridgehead atoms. The molecule has 3 amide bonds. The fourth-order valence-corrected chi connectivity index (χ4v) is 3.16. The van der Waals surface area contributed by atoms with Crippen molar-refractivity contribution in [3.05, 3.63) is 35.9 Å². The van der Waals surface area contributed by atoms with Gasteiger partial charge in [0.1, 0.15) is 0 Å². The van der Waals surface area contributed by atoms with Crippen molar-refractivity contribution in [1.29, 1.82) is 0 Å². The molecule has 2 fully saturated rings. The van der Waals surface area contributed by atoms with E-state index in [-0.39, 0.29) is 29.6 Å². The van der Waals surface area contributed by atoms with Crippen molar-refractivity contribution in [3.8, 4) is 0 Å². The molecule has 0 aliphatic carbocycles. The fourth-order valence-electron chi connectivity index (χ4n) is 3.16. The molecule has 0 N–H and O–H groups in total. The number of likely N-dealkylation sites (tertiary alicyclic amines) is 2. The standard InChI is InChI=1S/C16H18N2O3/c1-2-14(19)17-9-12-13(10-17)16(21)18(15(12)20)8-11-6-4-3-5-7-11/h3-7,12-13H,2,8-10H2,1H3/t12-,13+. The Morgan fingerprint density at radius 3 is 2.19 bits per heavy atom. The summed E-state index contributed by atoms with van der Waals surface area (Å²) in [5.41, 5.74) is 0.945. The van der Waals surface area contributed by atoms with E-state index in [1.54, 1.807) is 11.8 Å². The van der Waals surface area contributed by atoms with Gasteiger partial charge in [-0.1, -0.05) is 37.3 Å². The van der Waals surface area contributed by atoms with Gasteiger partial charge in [-0.25, -0.2) is 0 Å². The van der Waals surface area contributed by atoms with Crippen LogP contribution in [-0.2, 0) is 20.9 Å². The monoisotopic (exact) mass is 286 g/mol. The van der Waals surface area contributed by atoms with E-state index in [9.17, 15) is 14.4 Å². The molecular weight excluding hydrogens is 268 g/mol. The number of carbonyl (C=O) groups excluding carboxylic acids is 3. The molecule has 3 rings (SSSR count). The minimum Gasteiger partial charge on any atom is -0.341 e. The Balaban J connectivity index is 1.74. The molecule has 0 unspecified atom stereocenters. The summed E-state index contributed by atoms with van der Waals surface area (Å²) < 4.78 is 0. The van der Waals surface area contributed by atoms with Gasteiger partial charge < -0.3 is 4.90 Å². The maximum absolute atomic E-state index is 12.4. The average Bonchev–Trinajstić information content (AvgIpc) is 3.04. The van der Waals surface area contributed by atoms with Gasteiger partial charge >= 0.3 is 0 Å². The predicted molar refractivity (Wildman–Crippen MR) is 75.9 cm³/mol. The summed E-state index contributed by atoms with van der Waals surface area (Å²) in [6.07, 6.45) is 0.412. The van der Waals surface area contributed by atoms with Crippen LogP contribution in [0.2, 0.25) is 0 Å². The molecule has 0 spiro atoms. The second-order valence-electron chi connectivity index (χ2n) is 5.61. The van der Waals surface area contributed by atoms with Gasteiger partial charge in [0.05, 0.1) is 18.4 Å². The van der Waals surface area contributed by atoms with Crippen LogP contribution in [0.1, 0.15) is 18.9 Å². The summed E-state index contributed by atoms with van der Waals surface area (Å²) in [6, 6.07) is 9.49. The lowest BCUT2D eigenvalue weighted by Gasteiger charge is -2.20. The van der Waals surface area contributed by atoms with Crippen molar-refractivity contribution in [2.75, 3.05) is 13.1 Å². The highest BCUT2D eigenvalue weighted by atomic mass is 16.2. The molecule has 5 nitrogen and oxygen atoms in total. The van der Waals surface area contributed by atoms with Crippen molar-refractivity contribution < 1.29 is 14.4 Å². The number of nitrogens with zero attached hydrogens (tertiary/aromatic N) is 2. The van der Waals surface area contributed by atoms with E-state index in [4.69, 9.17) is 0 Å². The van der Waals surface area contributed by atoms with E-state index in [0.29, 0.717) is 26.1 Å². The van der Waals surface area contributed by atoms with Gasteiger partial charge in [-0.2, -0.15) is 0 Å². The van der Waals surface area contributed by atoms with Crippen LogP contribution >= 0.6 is 0 Å². The maximum atomic E-state index is 12.4. The molecule has 0 radical (unpaired) electrons. The van der Waals surface area contributed by atoms with Crippen molar-refractivity contribution in [1.82, 2.24) is 9.80 Å². The first-order chi connectivity index (χ1) is 10.1. The zero-order valence-corrected chi connectivity index (χ0v) is 12.0. The molecule has 110 valence electrons. The lowest BCUT2D eigenvalue weighted by molar-refractivity contribution is -0.141. The highest BCUT2D eigenvalue weighted by molar-refractivity contribution is 6.06. The van der Waals surface area contributed by atoms with Crippen molar-refractivity contribution in [2.24, 2.45) is 11.8 Å². The Labute approximate surface area is 123 Å². The number of hydrogen-bond donors (Lipinski definition) is 0. The van der Waals surface area contributed by atoms with Crippen LogP contribution in [0.15, 0.2) is 30.3 Å². The number of amides is 3. The second-order valence-corrected chi connectivity index (χ2v) is 5.61. The number of benzene rings is 1. The Morgan fingerprint density at radius 1 is 1.10 bits per heavy atom. The predicted octanol–water partition coefficient (Wildman–Crippen LogP) is 1.04. The highest BCUT2D eigenvalue weighted by Crippen LogP contribution is 2.34. The summed E-state index contributed by atoms with van der Waals surface area (Å²) in [5, 5.41) is 0. The maximum Gasteiger partial charge on any atom is 0.235 e. The van der Waals surface area contributed by atoms with Crippen molar-refractivity contribution >= 4 is 17.7 Å². The van der Waals surface area contributed by atoms with E-state index < -0.39 is 0 Å². The largest absolute Gasteiger partial charge is 0.341 e. The Bertz CT molecular complexity index is 560. The Hall–Kier alpha value is -2.17.